The maximum Gasteiger partial charge on any atom is 0.191 e. The predicted molar refractivity (Wildman–Crippen MR) is 142 cm³/mol. The van der Waals surface area contributed by atoms with Crippen LogP contribution < -0.4 is 20.1 Å². The Hall–Kier alpha value is -2.82. The van der Waals surface area contributed by atoms with Gasteiger partial charge in [0.05, 0.1) is 25.9 Å². The fourth-order valence-corrected chi connectivity index (χ4v) is 3.25. The quantitative estimate of drug-likeness (QED) is 0.159. The lowest BCUT2D eigenvalue weighted by molar-refractivity contribution is 0.310. The number of hydrogen-bond donors (Lipinski definition) is 2. The molecule has 0 radical (unpaired) electrons. The van der Waals surface area contributed by atoms with Crippen molar-refractivity contribution in [1.29, 1.82) is 0 Å². The number of rotatable bonds is 11. The van der Waals surface area contributed by atoms with E-state index >= 15 is 0 Å². The summed E-state index contributed by atoms with van der Waals surface area (Å²) in [7, 11) is 1.66. The minimum absolute atomic E-state index is 0. The molecule has 9 heteroatoms. The van der Waals surface area contributed by atoms with E-state index in [9.17, 15) is 0 Å². The molecular weight excluding hydrogens is 531 g/mol. The Labute approximate surface area is 212 Å². The summed E-state index contributed by atoms with van der Waals surface area (Å²) in [6.07, 6.45) is 5.14. The van der Waals surface area contributed by atoms with Gasteiger partial charge in [-0.3, -0.25) is 0 Å². The van der Waals surface area contributed by atoms with Crippen LogP contribution in [0, 0.1) is 0 Å². The predicted octanol–water partition coefficient (Wildman–Crippen LogP) is 3.98. The zero-order chi connectivity index (χ0) is 22.6. The lowest BCUT2D eigenvalue weighted by Crippen LogP contribution is -2.37. The second-order valence-corrected chi connectivity index (χ2v) is 7.15. The normalized spacial score (nSPS) is 10.9. The van der Waals surface area contributed by atoms with E-state index in [0.29, 0.717) is 13.2 Å². The van der Waals surface area contributed by atoms with Crippen molar-refractivity contribution in [3.63, 3.8) is 0 Å². The van der Waals surface area contributed by atoms with Crippen molar-refractivity contribution in [2.75, 3.05) is 26.8 Å². The van der Waals surface area contributed by atoms with Crippen LogP contribution in [0.1, 0.15) is 31.4 Å². The van der Waals surface area contributed by atoms with Crippen LogP contribution in [0.4, 0.5) is 0 Å². The van der Waals surface area contributed by atoms with Gasteiger partial charge in [-0.25, -0.2) is 14.7 Å². The molecule has 178 valence electrons. The fourth-order valence-electron chi connectivity index (χ4n) is 3.25. The van der Waals surface area contributed by atoms with Crippen molar-refractivity contribution >= 4 is 29.9 Å². The number of hydrogen-bond acceptors (Lipinski definition) is 5. The zero-order valence-electron chi connectivity index (χ0n) is 19.5. The van der Waals surface area contributed by atoms with E-state index < -0.39 is 0 Å². The van der Waals surface area contributed by atoms with E-state index in [1.54, 1.807) is 18.1 Å². The van der Waals surface area contributed by atoms with E-state index in [4.69, 9.17) is 14.5 Å². The van der Waals surface area contributed by atoms with Crippen molar-refractivity contribution in [2.24, 2.45) is 4.99 Å². The van der Waals surface area contributed by atoms with Crippen LogP contribution in [-0.4, -0.2) is 47.5 Å². The van der Waals surface area contributed by atoms with Crippen LogP contribution in [0.25, 0.3) is 5.69 Å². The Balaban J connectivity index is 0.00000385. The first-order valence-corrected chi connectivity index (χ1v) is 11.0. The van der Waals surface area contributed by atoms with E-state index in [0.717, 1.165) is 54.6 Å². The van der Waals surface area contributed by atoms with Crippen molar-refractivity contribution in [3.05, 3.63) is 66.2 Å². The lowest BCUT2D eigenvalue weighted by Gasteiger charge is -2.13. The maximum atomic E-state index is 5.67. The number of aromatic nitrogens is 3. The van der Waals surface area contributed by atoms with Gasteiger partial charge in [0.25, 0.3) is 0 Å². The Kier molecular flexibility index (Phi) is 11.5. The number of halogens is 1. The van der Waals surface area contributed by atoms with E-state index in [-0.39, 0.29) is 24.0 Å². The maximum absolute atomic E-state index is 5.67. The molecule has 33 heavy (non-hydrogen) atoms. The first kappa shape index (κ1) is 26.4. The first-order valence-electron chi connectivity index (χ1n) is 11.0. The van der Waals surface area contributed by atoms with Crippen molar-refractivity contribution < 1.29 is 9.47 Å². The molecule has 0 aliphatic heterocycles. The number of methoxy groups -OCH3 is 1. The number of nitrogens with zero attached hydrogens (tertiary/aromatic N) is 4. The number of ether oxygens (including phenoxy) is 2. The number of guanidine groups is 1. The minimum Gasteiger partial charge on any atom is -0.493 e. The summed E-state index contributed by atoms with van der Waals surface area (Å²) in [6.45, 7) is 6.90. The van der Waals surface area contributed by atoms with Crippen LogP contribution in [-0.2, 0) is 13.0 Å². The van der Waals surface area contributed by atoms with Gasteiger partial charge in [-0.1, -0.05) is 18.2 Å². The summed E-state index contributed by atoms with van der Waals surface area (Å²) in [6, 6.07) is 14.3. The molecule has 2 aromatic carbocycles. The molecular formula is C24H33IN6O2. The van der Waals surface area contributed by atoms with Gasteiger partial charge < -0.3 is 20.1 Å². The standard InChI is InChI=1S/C24H32N6O2.HI/c1-4-26-24(28-16-20-8-11-21(12-9-20)30-18-25-17-29-30)27-14-6-7-19-10-13-22(31-3)23(15-19)32-5-2;/h8-13,15,17-18H,4-7,14,16H2,1-3H3,(H2,26,27,28);1H. The zero-order valence-corrected chi connectivity index (χ0v) is 21.8. The SMILES string of the molecule is CCNC(=NCc1ccc(-n2cncn2)cc1)NCCCc1ccc(OC)c(OCC)c1.I. The molecule has 0 saturated heterocycles. The summed E-state index contributed by atoms with van der Waals surface area (Å²) in [5.41, 5.74) is 3.34. The van der Waals surface area contributed by atoms with Gasteiger partial charge in [0.1, 0.15) is 12.7 Å². The molecule has 0 fully saturated rings. The topological polar surface area (TPSA) is 85.6 Å². The Morgan fingerprint density at radius 2 is 1.82 bits per heavy atom. The van der Waals surface area contributed by atoms with Gasteiger partial charge in [0, 0.05) is 13.1 Å². The van der Waals surface area contributed by atoms with E-state index in [1.165, 1.54) is 11.9 Å². The highest BCUT2D eigenvalue weighted by atomic mass is 127. The second kappa shape index (κ2) is 14.4. The van der Waals surface area contributed by atoms with Gasteiger partial charge in [-0.05, 0) is 62.1 Å². The van der Waals surface area contributed by atoms with Crippen LogP contribution in [0.2, 0.25) is 0 Å². The molecule has 3 aromatic rings. The van der Waals surface area contributed by atoms with E-state index in [2.05, 4.69) is 51.9 Å². The Morgan fingerprint density at radius 3 is 2.48 bits per heavy atom. The molecule has 0 spiro atoms. The van der Waals surface area contributed by atoms with Crippen molar-refractivity contribution in [2.45, 2.75) is 33.2 Å². The third-order valence-corrected chi connectivity index (χ3v) is 4.85. The molecule has 1 aromatic heterocycles. The average Bonchev–Trinajstić information content (AvgIpc) is 3.36. The van der Waals surface area contributed by atoms with Gasteiger partial charge in [-0.2, -0.15) is 5.10 Å². The monoisotopic (exact) mass is 564 g/mol. The molecule has 2 N–H and O–H groups in total. The Morgan fingerprint density at radius 1 is 1.03 bits per heavy atom. The highest BCUT2D eigenvalue weighted by Crippen LogP contribution is 2.28. The summed E-state index contributed by atoms with van der Waals surface area (Å²) in [5, 5.41) is 10.9. The molecule has 1 heterocycles. The molecule has 0 atom stereocenters. The van der Waals surface area contributed by atoms with Crippen LogP contribution in [0.5, 0.6) is 11.5 Å². The van der Waals surface area contributed by atoms with Gasteiger partial charge in [0.15, 0.2) is 17.5 Å². The molecule has 3 rings (SSSR count). The fraction of sp³-hybridized carbons (Fsp3) is 0.375. The number of nitrogens with one attached hydrogen (secondary N) is 2. The number of benzene rings is 2. The smallest absolute Gasteiger partial charge is 0.191 e. The summed E-state index contributed by atoms with van der Waals surface area (Å²) in [5.74, 6) is 2.38. The highest BCUT2D eigenvalue weighted by Gasteiger charge is 2.06. The molecule has 0 amide bonds. The highest BCUT2D eigenvalue weighted by molar-refractivity contribution is 14.0. The van der Waals surface area contributed by atoms with Gasteiger partial charge in [-0.15, -0.1) is 24.0 Å². The van der Waals surface area contributed by atoms with E-state index in [1.807, 2.05) is 25.1 Å². The summed E-state index contributed by atoms with van der Waals surface area (Å²) >= 11 is 0. The minimum atomic E-state index is 0. The summed E-state index contributed by atoms with van der Waals surface area (Å²) < 4.78 is 12.8. The molecule has 0 aliphatic rings. The number of aliphatic imine (C=N–C) groups is 1. The van der Waals surface area contributed by atoms with Gasteiger partial charge in [0.2, 0.25) is 0 Å². The van der Waals surface area contributed by atoms with Crippen LogP contribution in [0.3, 0.4) is 0 Å². The molecule has 0 bridgehead atoms. The average molecular weight is 564 g/mol. The first-order chi connectivity index (χ1) is 15.7. The van der Waals surface area contributed by atoms with Gasteiger partial charge >= 0.3 is 0 Å². The second-order valence-electron chi connectivity index (χ2n) is 7.15. The molecule has 0 aliphatic carbocycles. The third-order valence-electron chi connectivity index (χ3n) is 4.85. The van der Waals surface area contributed by atoms with Crippen LogP contribution in [0.15, 0.2) is 60.1 Å². The van der Waals surface area contributed by atoms with Crippen molar-refractivity contribution in [3.8, 4) is 17.2 Å². The molecule has 0 saturated carbocycles. The molecule has 0 unspecified atom stereocenters. The van der Waals surface area contributed by atoms with Crippen LogP contribution >= 0.6 is 24.0 Å². The third kappa shape index (κ3) is 8.23. The summed E-state index contributed by atoms with van der Waals surface area (Å²) in [4.78, 5) is 8.68. The largest absolute Gasteiger partial charge is 0.493 e. The Bertz CT molecular complexity index is 977. The molecule has 8 nitrogen and oxygen atoms in total. The van der Waals surface area contributed by atoms with Crippen molar-refractivity contribution in [1.82, 2.24) is 25.4 Å². The number of aryl methyl sites for hydroxylation is 1. The lowest BCUT2D eigenvalue weighted by atomic mass is 10.1.